The van der Waals surface area contributed by atoms with Crippen molar-refractivity contribution in [1.82, 2.24) is 0 Å². The summed E-state index contributed by atoms with van der Waals surface area (Å²) in [5.74, 6) is -0.758. The average molecular weight is 531 g/mol. The smallest absolute Gasteiger partial charge is 0.342 e. The molecule has 0 aliphatic heterocycles. The Morgan fingerprint density at radius 1 is 0.921 bits per heavy atom. The van der Waals surface area contributed by atoms with Crippen molar-refractivity contribution in [3.8, 4) is 5.75 Å². The molecule has 1 aromatic carbocycles. The van der Waals surface area contributed by atoms with Crippen LogP contribution in [0.25, 0.3) is 6.08 Å². The number of hydrogen-bond donors (Lipinski definition) is 6. The maximum absolute atomic E-state index is 11.8. The Hall–Kier alpha value is -3.01. The molecule has 0 bridgehead atoms. The van der Waals surface area contributed by atoms with Gasteiger partial charge in [-0.15, -0.1) is 0 Å². The SMILES string of the molecule is COC(=O)c1c(O)cccc1/C=C/C=C/C=C/C=C(\C)C[C@H](O)C[C@H](O)/C=C/C[C@H](O)C[C@@H](O)C[C@@H](C)O. The van der Waals surface area contributed by atoms with Crippen molar-refractivity contribution < 1.29 is 40.2 Å². The summed E-state index contributed by atoms with van der Waals surface area (Å²) >= 11 is 0. The van der Waals surface area contributed by atoms with Gasteiger partial charge in [-0.3, -0.25) is 0 Å². The van der Waals surface area contributed by atoms with E-state index in [1.165, 1.54) is 19.3 Å². The lowest BCUT2D eigenvalue weighted by Crippen LogP contribution is -2.21. The summed E-state index contributed by atoms with van der Waals surface area (Å²) < 4.78 is 4.71. The summed E-state index contributed by atoms with van der Waals surface area (Å²) in [5.41, 5.74) is 1.57. The van der Waals surface area contributed by atoms with Crippen LogP contribution in [-0.4, -0.2) is 74.2 Å². The molecule has 0 fully saturated rings. The van der Waals surface area contributed by atoms with Crippen LogP contribution < -0.4 is 0 Å². The van der Waals surface area contributed by atoms with Crippen LogP contribution in [0.4, 0.5) is 0 Å². The molecule has 0 aromatic heterocycles. The zero-order valence-electron chi connectivity index (χ0n) is 22.4. The van der Waals surface area contributed by atoms with Gasteiger partial charge < -0.3 is 35.4 Å². The molecule has 0 saturated carbocycles. The Bertz CT molecular complexity index is 990. The van der Waals surface area contributed by atoms with E-state index in [9.17, 15) is 35.4 Å². The van der Waals surface area contributed by atoms with Crippen LogP contribution in [0.2, 0.25) is 0 Å². The van der Waals surface area contributed by atoms with Gasteiger partial charge in [-0.2, -0.15) is 0 Å². The second-order valence-electron chi connectivity index (χ2n) is 9.33. The number of hydrogen-bond acceptors (Lipinski definition) is 8. The number of ether oxygens (including phenoxy) is 1. The van der Waals surface area contributed by atoms with Gasteiger partial charge >= 0.3 is 5.97 Å². The molecule has 0 aliphatic carbocycles. The lowest BCUT2D eigenvalue weighted by atomic mass is 10.0. The Morgan fingerprint density at radius 2 is 1.61 bits per heavy atom. The zero-order valence-corrected chi connectivity index (χ0v) is 22.4. The fourth-order valence-electron chi connectivity index (χ4n) is 3.77. The largest absolute Gasteiger partial charge is 0.507 e. The van der Waals surface area contributed by atoms with E-state index >= 15 is 0 Å². The quantitative estimate of drug-likeness (QED) is 0.108. The minimum Gasteiger partial charge on any atom is -0.507 e. The third-order valence-electron chi connectivity index (χ3n) is 5.56. The average Bonchev–Trinajstić information content (AvgIpc) is 2.82. The molecule has 0 spiro atoms. The van der Waals surface area contributed by atoms with Crippen LogP contribution in [0.5, 0.6) is 5.75 Å². The minimum atomic E-state index is -0.858. The van der Waals surface area contributed by atoms with Crippen LogP contribution in [0.15, 0.2) is 72.4 Å². The van der Waals surface area contributed by atoms with Crippen molar-refractivity contribution in [2.45, 2.75) is 76.5 Å². The summed E-state index contributed by atoms with van der Waals surface area (Å²) in [6.45, 7) is 3.46. The molecule has 1 aromatic rings. The first kappa shape index (κ1) is 33.0. The summed E-state index contributed by atoms with van der Waals surface area (Å²) in [6, 6.07) is 4.77. The van der Waals surface area contributed by atoms with Crippen LogP contribution >= 0.6 is 0 Å². The van der Waals surface area contributed by atoms with Gasteiger partial charge in [0.15, 0.2) is 0 Å². The topological polar surface area (TPSA) is 148 Å². The van der Waals surface area contributed by atoms with Gasteiger partial charge in [-0.05, 0) is 51.2 Å². The van der Waals surface area contributed by atoms with Crippen LogP contribution in [-0.2, 0) is 4.74 Å². The predicted molar refractivity (Wildman–Crippen MR) is 148 cm³/mol. The highest BCUT2D eigenvalue weighted by molar-refractivity contribution is 5.96. The summed E-state index contributed by atoms with van der Waals surface area (Å²) in [6.07, 6.45) is 13.0. The first-order chi connectivity index (χ1) is 18.0. The second-order valence-corrected chi connectivity index (χ2v) is 9.33. The monoisotopic (exact) mass is 530 g/mol. The van der Waals surface area contributed by atoms with Gasteiger partial charge in [0.2, 0.25) is 0 Å². The van der Waals surface area contributed by atoms with Crippen molar-refractivity contribution in [1.29, 1.82) is 0 Å². The number of esters is 1. The number of aliphatic hydroxyl groups is 5. The number of aliphatic hydroxyl groups excluding tert-OH is 5. The van der Waals surface area contributed by atoms with Crippen LogP contribution in [0, 0.1) is 0 Å². The van der Waals surface area contributed by atoms with E-state index in [-0.39, 0.29) is 37.0 Å². The van der Waals surface area contributed by atoms with E-state index in [1.54, 1.807) is 49.4 Å². The maximum atomic E-state index is 11.8. The van der Waals surface area contributed by atoms with E-state index in [0.717, 1.165) is 5.57 Å². The Kier molecular flexibility index (Phi) is 15.9. The summed E-state index contributed by atoms with van der Waals surface area (Å²) in [4.78, 5) is 11.8. The number of aromatic hydroxyl groups is 1. The first-order valence-electron chi connectivity index (χ1n) is 12.7. The third-order valence-corrected chi connectivity index (χ3v) is 5.56. The first-order valence-corrected chi connectivity index (χ1v) is 12.7. The molecule has 0 aliphatic rings. The van der Waals surface area contributed by atoms with Gasteiger partial charge in [0.1, 0.15) is 11.3 Å². The molecule has 210 valence electrons. The molecule has 8 heteroatoms. The zero-order chi connectivity index (χ0) is 28.5. The van der Waals surface area contributed by atoms with E-state index in [4.69, 9.17) is 4.74 Å². The molecule has 0 unspecified atom stereocenters. The van der Waals surface area contributed by atoms with E-state index < -0.39 is 36.5 Å². The second kappa shape index (κ2) is 18.3. The lowest BCUT2D eigenvalue weighted by molar-refractivity contribution is 0.0459. The highest BCUT2D eigenvalue weighted by Crippen LogP contribution is 2.23. The number of carbonyl (C=O) groups excluding carboxylic acids is 1. The van der Waals surface area contributed by atoms with E-state index in [2.05, 4.69) is 0 Å². The van der Waals surface area contributed by atoms with Gasteiger partial charge in [-0.25, -0.2) is 4.79 Å². The molecule has 38 heavy (non-hydrogen) atoms. The van der Waals surface area contributed by atoms with Gasteiger partial charge in [0.05, 0.1) is 37.6 Å². The molecular weight excluding hydrogens is 488 g/mol. The van der Waals surface area contributed by atoms with E-state index in [0.29, 0.717) is 12.0 Å². The Balaban J connectivity index is 2.45. The summed E-state index contributed by atoms with van der Waals surface area (Å²) in [7, 11) is 1.26. The molecule has 0 radical (unpaired) electrons. The molecule has 0 saturated heterocycles. The Morgan fingerprint density at radius 3 is 2.29 bits per heavy atom. The van der Waals surface area contributed by atoms with Gasteiger partial charge in [0.25, 0.3) is 0 Å². The summed E-state index contributed by atoms with van der Waals surface area (Å²) in [5, 5.41) is 59.2. The highest BCUT2D eigenvalue weighted by atomic mass is 16.5. The highest BCUT2D eigenvalue weighted by Gasteiger charge is 2.15. The standard InChI is InChI=1S/C30H42O8/c1-21(17-26(34)19-24(32)14-10-15-25(33)20-27(35)18-22(2)31)11-7-5-4-6-8-12-23-13-9-16-28(36)29(23)30(37)38-3/h4-14,16,22,24-27,31-36H,15,17-20H2,1-3H3/b6-4+,7-5+,12-8+,14-10+,21-11+/t22-,24-,25+,26+,27+/m1/s1. The van der Waals surface area contributed by atoms with Crippen LogP contribution in [0.1, 0.15) is 61.9 Å². The molecule has 0 heterocycles. The number of methoxy groups -OCH3 is 1. The van der Waals surface area contributed by atoms with Crippen molar-refractivity contribution in [2.24, 2.45) is 0 Å². The van der Waals surface area contributed by atoms with Gasteiger partial charge in [-0.1, -0.05) is 72.4 Å². The maximum Gasteiger partial charge on any atom is 0.342 e. The minimum absolute atomic E-state index is 0.106. The number of benzene rings is 1. The van der Waals surface area contributed by atoms with Crippen molar-refractivity contribution in [2.75, 3.05) is 7.11 Å². The lowest BCUT2D eigenvalue weighted by Gasteiger charge is -2.16. The van der Waals surface area contributed by atoms with E-state index in [1.807, 2.05) is 25.2 Å². The molecule has 1 rings (SSSR count). The molecular formula is C30H42O8. The third kappa shape index (κ3) is 14.1. The molecule has 6 N–H and O–H groups in total. The number of allylic oxidation sites excluding steroid dienone is 6. The number of phenolic OH excluding ortho intramolecular Hbond substituents is 1. The Labute approximate surface area is 225 Å². The number of carbonyl (C=O) groups is 1. The molecule has 5 atom stereocenters. The van der Waals surface area contributed by atoms with Crippen molar-refractivity contribution >= 4 is 12.0 Å². The molecule has 0 amide bonds. The van der Waals surface area contributed by atoms with Crippen LogP contribution in [0.3, 0.4) is 0 Å². The molecule has 8 nitrogen and oxygen atoms in total. The van der Waals surface area contributed by atoms with Crippen molar-refractivity contribution in [3.05, 3.63) is 83.5 Å². The van der Waals surface area contributed by atoms with Crippen molar-refractivity contribution in [3.63, 3.8) is 0 Å². The predicted octanol–water partition coefficient (Wildman–Crippen LogP) is 3.58. The normalized spacial score (nSPS) is 16.9. The number of rotatable bonds is 16. The van der Waals surface area contributed by atoms with Gasteiger partial charge in [0, 0.05) is 6.42 Å². The fourth-order valence-corrected chi connectivity index (χ4v) is 3.77. The number of phenols is 1. The fraction of sp³-hybridized carbons (Fsp3) is 0.433.